The first-order chi connectivity index (χ1) is 10.0. The fourth-order valence-electron chi connectivity index (χ4n) is 3.45. The average Bonchev–Trinajstić information content (AvgIpc) is 2.87. The largest absolute Gasteiger partial charge is 0.480 e. The van der Waals surface area contributed by atoms with Gasteiger partial charge < -0.3 is 15.7 Å². The molecule has 2 aliphatic heterocycles. The molecule has 0 aliphatic carbocycles. The smallest absolute Gasteiger partial charge is 0.326 e. The van der Waals surface area contributed by atoms with E-state index in [2.05, 4.69) is 15.5 Å². The van der Waals surface area contributed by atoms with Gasteiger partial charge in [-0.1, -0.05) is 26.7 Å². The molecular weight excluding hydrogens is 270 g/mol. The maximum Gasteiger partial charge on any atom is 0.326 e. The predicted molar refractivity (Wildman–Crippen MR) is 80.2 cm³/mol. The molecule has 0 aromatic heterocycles. The molecule has 0 radical (unpaired) electrons. The van der Waals surface area contributed by atoms with E-state index in [-0.39, 0.29) is 18.0 Å². The van der Waals surface area contributed by atoms with Crippen LogP contribution in [-0.4, -0.2) is 53.2 Å². The molecule has 2 unspecified atom stereocenters. The van der Waals surface area contributed by atoms with Crippen molar-refractivity contribution in [1.82, 2.24) is 15.5 Å². The minimum absolute atomic E-state index is 0.0805. The van der Waals surface area contributed by atoms with Gasteiger partial charge in [0.25, 0.3) is 0 Å². The number of nitrogens with zero attached hydrogens (tertiary/aromatic N) is 1. The lowest BCUT2D eigenvalue weighted by Gasteiger charge is -2.32. The molecule has 2 saturated heterocycles. The Morgan fingerprint density at radius 3 is 2.71 bits per heavy atom. The third-order valence-electron chi connectivity index (χ3n) is 4.94. The van der Waals surface area contributed by atoms with E-state index in [1.54, 1.807) is 0 Å². The molecule has 2 aliphatic rings. The molecule has 0 saturated carbocycles. The topological polar surface area (TPSA) is 81.7 Å². The second-order valence-electron chi connectivity index (χ2n) is 6.31. The first-order valence-corrected chi connectivity index (χ1v) is 8.06. The Bertz CT molecular complexity index is 388. The molecule has 0 spiro atoms. The van der Waals surface area contributed by atoms with E-state index in [0.717, 1.165) is 32.4 Å². The van der Waals surface area contributed by atoms with Crippen LogP contribution in [0.3, 0.4) is 0 Å². The minimum Gasteiger partial charge on any atom is -0.480 e. The summed E-state index contributed by atoms with van der Waals surface area (Å²) in [5.41, 5.74) is 0. The average molecular weight is 297 g/mol. The first kappa shape index (κ1) is 16.1. The summed E-state index contributed by atoms with van der Waals surface area (Å²) in [4.78, 5) is 25.8. The summed E-state index contributed by atoms with van der Waals surface area (Å²) in [6.45, 7) is 5.92. The zero-order valence-corrected chi connectivity index (χ0v) is 13.0. The minimum atomic E-state index is -0.967. The van der Waals surface area contributed by atoms with Crippen molar-refractivity contribution in [1.29, 1.82) is 0 Å². The van der Waals surface area contributed by atoms with Crippen LogP contribution in [-0.2, 0) is 4.79 Å². The van der Waals surface area contributed by atoms with Gasteiger partial charge in [-0.3, -0.25) is 4.90 Å². The number of nitrogens with one attached hydrogen (secondary N) is 2. The number of aliphatic carboxylic acids is 1. The van der Waals surface area contributed by atoms with E-state index in [9.17, 15) is 14.7 Å². The number of piperidine rings is 1. The number of carbonyl (C=O) groups excluding carboxylic acids is 1. The number of rotatable bonds is 5. The number of hydrogen-bond donors (Lipinski definition) is 3. The van der Waals surface area contributed by atoms with Crippen LogP contribution in [0.25, 0.3) is 0 Å². The molecular formula is C15H27N3O3. The van der Waals surface area contributed by atoms with Crippen LogP contribution >= 0.6 is 0 Å². The summed E-state index contributed by atoms with van der Waals surface area (Å²) >= 11 is 0. The maximum atomic E-state index is 12.1. The molecule has 6 nitrogen and oxygen atoms in total. The summed E-state index contributed by atoms with van der Waals surface area (Å²) in [6, 6.07) is -0.591. The molecule has 0 aromatic rings. The lowest BCUT2D eigenvalue weighted by atomic mass is 9.98. The van der Waals surface area contributed by atoms with Crippen LogP contribution in [0.15, 0.2) is 0 Å². The van der Waals surface area contributed by atoms with Gasteiger partial charge in [0.2, 0.25) is 0 Å². The van der Waals surface area contributed by atoms with E-state index in [0.29, 0.717) is 6.04 Å². The lowest BCUT2D eigenvalue weighted by molar-refractivity contribution is -0.140. The fraction of sp³-hybridized carbons (Fsp3) is 0.867. The van der Waals surface area contributed by atoms with E-state index in [1.165, 1.54) is 12.8 Å². The van der Waals surface area contributed by atoms with Gasteiger partial charge in [-0.15, -0.1) is 0 Å². The summed E-state index contributed by atoms with van der Waals surface area (Å²) in [6.07, 6.45) is 5.25. The van der Waals surface area contributed by atoms with Crippen molar-refractivity contribution in [2.75, 3.05) is 13.1 Å². The molecule has 21 heavy (non-hydrogen) atoms. The highest BCUT2D eigenvalue weighted by molar-refractivity contribution is 5.82. The third kappa shape index (κ3) is 3.87. The van der Waals surface area contributed by atoms with E-state index < -0.39 is 12.0 Å². The zero-order chi connectivity index (χ0) is 15.4. The molecule has 2 heterocycles. The van der Waals surface area contributed by atoms with Gasteiger partial charge in [-0.05, 0) is 31.7 Å². The molecule has 4 atom stereocenters. The Kier molecular flexibility index (Phi) is 5.45. The molecule has 2 fully saturated rings. The quantitative estimate of drug-likeness (QED) is 0.716. The van der Waals surface area contributed by atoms with Gasteiger partial charge in [-0.2, -0.15) is 0 Å². The van der Waals surface area contributed by atoms with Gasteiger partial charge in [0.15, 0.2) is 0 Å². The highest BCUT2D eigenvalue weighted by Gasteiger charge is 2.36. The monoisotopic (exact) mass is 297 g/mol. The molecule has 120 valence electrons. The molecule has 6 heteroatoms. The van der Waals surface area contributed by atoms with E-state index in [4.69, 9.17) is 0 Å². The van der Waals surface area contributed by atoms with Crippen molar-refractivity contribution in [3.05, 3.63) is 0 Å². The van der Waals surface area contributed by atoms with E-state index in [1.807, 2.05) is 13.8 Å². The first-order valence-electron chi connectivity index (χ1n) is 8.06. The predicted octanol–water partition coefficient (Wildman–Crippen LogP) is 1.41. The van der Waals surface area contributed by atoms with Gasteiger partial charge in [-0.25, -0.2) is 9.59 Å². The standard InChI is InChI=1S/C15H27N3O3/c1-3-10(2)13(14(19)20)17-15(21)16-11-7-9-18-8-5-4-6-12(11)18/h10-13H,3-9H2,1-2H3,(H,19,20)(H2,16,17,21)/t10-,11?,12?,13-/m0/s1. The summed E-state index contributed by atoms with van der Waals surface area (Å²) < 4.78 is 0. The van der Waals surface area contributed by atoms with Crippen molar-refractivity contribution in [2.45, 2.75) is 64.1 Å². The Balaban J connectivity index is 1.87. The van der Waals surface area contributed by atoms with Crippen LogP contribution in [0, 0.1) is 5.92 Å². The third-order valence-corrected chi connectivity index (χ3v) is 4.94. The van der Waals surface area contributed by atoms with Crippen LogP contribution in [0.1, 0.15) is 46.0 Å². The summed E-state index contributed by atoms with van der Waals surface area (Å²) in [7, 11) is 0. The van der Waals surface area contributed by atoms with Gasteiger partial charge >= 0.3 is 12.0 Å². The number of hydrogen-bond acceptors (Lipinski definition) is 3. The number of fused-ring (bicyclic) bond motifs is 1. The van der Waals surface area contributed by atoms with Gasteiger partial charge in [0.05, 0.1) is 0 Å². The Labute approximate surface area is 126 Å². The number of carbonyl (C=O) groups is 2. The second-order valence-corrected chi connectivity index (χ2v) is 6.31. The fourth-order valence-corrected chi connectivity index (χ4v) is 3.45. The number of carboxylic acid groups (broad SMARTS) is 1. The van der Waals surface area contributed by atoms with Crippen LogP contribution < -0.4 is 10.6 Å². The SMILES string of the molecule is CC[C@H](C)[C@H](NC(=O)NC1CCN2CCCCC12)C(=O)O. The second kappa shape index (κ2) is 7.11. The van der Waals surface area contributed by atoms with Crippen LogP contribution in [0.2, 0.25) is 0 Å². The zero-order valence-electron chi connectivity index (χ0n) is 13.0. The normalized spacial score (nSPS) is 28.5. The highest BCUT2D eigenvalue weighted by atomic mass is 16.4. The lowest BCUT2D eigenvalue weighted by Crippen LogP contribution is -2.54. The molecule has 3 N–H and O–H groups in total. The number of urea groups is 1. The van der Waals surface area contributed by atoms with E-state index >= 15 is 0 Å². The molecule has 0 bridgehead atoms. The molecule has 2 rings (SSSR count). The van der Waals surface area contributed by atoms with Crippen LogP contribution in [0.5, 0.6) is 0 Å². The summed E-state index contributed by atoms with van der Waals surface area (Å²) in [5.74, 6) is -1.05. The number of amides is 2. The highest BCUT2D eigenvalue weighted by Crippen LogP contribution is 2.27. The molecule has 0 aromatic carbocycles. The molecule has 2 amide bonds. The van der Waals surface area contributed by atoms with Crippen molar-refractivity contribution in [3.63, 3.8) is 0 Å². The van der Waals surface area contributed by atoms with Crippen molar-refractivity contribution >= 4 is 12.0 Å². The van der Waals surface area contributed by atoms with Crippen molar-refractivity contribution < 1.29 is 14.7 Å². The van der Waals surface area contributed by atoms with Gasteiger partial charge in [0, 0.05) is 18.6 Å². The Hall–Kier alpha value is -1.30. The van der Waals surface area contributed by atoms with Gasteiger partial charge in [0.1, 0.15) is 6.04 Å². The Morgan fingerprint density at radius 2 is 2.05 bits per heavy atom. The number of carboxylic acids is 1. The van der Waals surface area contributed by atoms with Crippen LogP contribution in [0.4, 0.5) is 4.79 Å². The van der Waals surface area contributed by atoms with Crippen molar-refractivity contribution in [2.24, 2.45) is 5.92 Å². The Morgan fingerprint density at radius 1 is 1.29 bits per heavy atom. The van der Waals surface area contributed by atoms with Crippen molar-refractivity contribution in [3.8, 4) is 0 Å². The summed E-state index contributed by atoms with van der Waals surface area (Å²) in [5, 5.41) is 14.8. The maximum absolute atomic E-state index is 12.1.